The van der Waals surface area contributed by atoms with Gasteiger partial charge in [-0.1, -0.05) is 56.3 Å². The van der Waals surface area contributed by atoms with E-state index in [0.717, 1.165) is 12.2 Å². The van der Waals surface area contributed by atoms with Crippen LogP contribution in [0.15, 0.2) is 36.4 Å². The molecule has 4 atom stereocenters. The van der Waals surface area contributed by atoms with Gasteiger partial charge in [0.25, 0.3) is 0 Å². The van der Waals surface area contributed by atoms with E-state index in [4.69, 9.17) is 9.31 Å². The molecule has 3 saturated carbocycles. The second-order valence-corrected chi connectivity index (χ2v) is 7.95. The van der Waals surface area contributed by atoms with Gasteiger partial charge in [-0.05, 0) is 42.6 Å². The minimum atomic E-state index is -0.0799. The Hall–Kier alpha value is -1.06. The zero-order chi connectivity index (χ0) is 15.4. The van der Waals surface area contributed by atoms with E-state index < -0.39 is 0 Å². The fourth-order valence-electron chi connectivity index (χ4n) is 4.93. The van der Waals surface area contributed by atoms with Crippen LogP contribution in [0.1, 0.15) is 39.2 Å². The third-order valence-electron chi connectivity index (χ3n) is 6.44. The van der Waals surface area contributed by atoms with E-state index in [1.165, 1.54) is 18.4 Å². The molecular weight excluding hydrogens is 271 g/mol. The van der Waals surface area contributed by atoms with Crippen molar-refractivity contribution in [3.05, 3.63) is 42.0 Å². The van der Waals surface area contributed by atoms with Crippen LogP contribution in [0.4, 0.5) is 0 Å². The van der Waals surface area contributed by atoms with E-state index in [1.807, 2.05) is 6.07 Å². The number of rotatable bonds is 3. The molecule has 0 unspecified atom stereocenters. The molecule has 1 aromatic carbocycles. The molecule has 2 bridgehead atoms. The van der Waals surface area contributed by atoms with Crippen molar-refractivity contribution in [3.8, 4) is 0 Å². The van der Waals surface area contributed by atoms with E-state index >= 15 is 0 Å². The molecule has 116 valence electrons. The molecule has 0 aromatic heterocycles. The molecule has 1 saturated heterocycles. The lowest BCUT2D eigenvalue weighted by Crippen LogP contribution is -2.65. The molecule has 1 aromatic rings. The molecule has 4 fully saturated rings. The number of hydrogen-bond donors (Lipinski definition) is 0. The van der Waals surface area contributed by atoms with Crippen LogP contribution < -0.4 is 0 Å². The van der Waals surface area contributed by atoms with Crippen LogP contribution in [-0.2, 0) is 9.31 Å². The summed E-state index contributed by atoms with van der Waals surface area (Å²) >= 11 is 0. The SMILES string of the molecule is CC1(C)[C@@H]2C[C@H]3OB(C/C=C/c4ccccc4)O[C@@]3(C)[C@H]1C2. The second kappa shape index (κ2) is 4.97. The van der Waals surface area contributed by atoms with Crippen molar-refractivity contribution in [2.24, 2.45) is 17.3 Å². The van der Waals surface area contributed by atoms with Gasteiger partial charge < -0.3 is 9.31 Å². The first-order valence-corrected chi connectivity index (χ1v) is 8.55. The smallest absolute Gasteiger partial charge is 0.405 e. The summed E-state index contributed by atoms with van der Waals surface area (Å²) in [6.07, 6.45) is 7.93. The van der Waals surface area contributed by atoms with Crippen molar-refractivity contribution >= 4 is 13.2 Å². The summed E-state index contributed by atoms with van der Waals surface area (Å²) in [5.74, 6) is 1.46. The van der Waals surface area contributed by atoms with Crippen molar-refractivity contribution in [1.29, 1.82) is 0 Å². The summed E-state index contributed by atoms with van der Waals surface area (Å²) in [4.78, 5) is 0. The normalized spacial score (nSPS) is 38.9. The summed E-state index contributed by atoms with van der Waals surface area (Å²) in [5, 5.41) is 0. The Bertz CT molecular complexity index is 582. The maximum Gasteiger partial charge on any atom is 0.461 e. The Kier molecular flexibility index (Phi) is 3.28. The van der Waals surface area contributed by atoms with Crippen LogP contribution in [-0.4, -0.2) is 18.8 Å². The molecule has 3 aliphatic carbocycles. The summed E-state index contributed by atoms with van der Waals surface area (Å²) in [5.41, 5.74) is 1.57. The first kappa shape index (κ1) is 14.5. The molecule has 4 aliphatic rings. The van der Waals surface area contributed by atoms with Crippen molar-refractivity contribution in [3.63, 3.8) is 0 Å². The fourth-order valence-corrected chi connectivity index (χ4v) is 4.93. The van der Waals surface area contributed by atoms with Crippen molar-refractivity contribution in [2.45, 2.75) is 51.6 Å². The van der Waals surface area contributed by atoms with Gasteiger partial charge in [-0.15, -0.1) is 0 Å². The van der Waals surface area contributed by atoms with Gasteiger partial charge in [-0.2, -0.15) is 0 Å². The van der Waals surface area contributed by atoms with E-state index in [-0.39, 0.29) is 12.7 Å². The number of benzene rings is 1. The first-order valence-electron chi connectivity index (χ1n) is 8.55. The highest BCUT2D eigenvalue weighted by Gasteiger charge is 2.67. The zero-order valence-electron chi connectivity index (χ0n) is 13.8. The Morgan fingerprint density at radius 2 is 1.95 bits per heavy atom. The molecule has 2 nitrogen and oxygen atoms in total. The van der Waals surface area contributed by atoms with Gasteiger partial charge in [0.1, 0.15) is 0 Å². The van der Waals surface area contributed by atoms with Crippen LogP contribution >= 0.6 is 0 Å². The van der Waals surface area contributed by atoms with E-state index in [9.17, 15) is 0 Å². The molecular formula is C19H25BO2. The summed E-state index contributed by atoms with van der Waals surface area (Å²) < 4.78 is 12.6. The topological polar surface area (TPSA) is 18.5 Å². The Labute approximate surface area is 134 Å². The van der Waals surface area contributed by atoms with Gasteiger partial charge in [-0.25, -0.2) is 0 Å². The maximum atomic E-state index is 6.40. The fraction of sp³-hybridized carbons (Fsp3) is 0.579. The Morgan fingerprint density at radius 3 is 2.68 bits per heavy atom. The first-order chi connectivity index (χ1) is 10.5. The molecule has 3 heteroatoms. The average Bonchev–Trinajstić information content (AvgIpc) is 2.84. The van der Waals surface area contributed by atoms with Gasteiger partial charge in [0.2, 0.25) is 0 Å². The quantitative estimate of drug-likeness (QED) is 0.768. The van der Waals surface area contributed by atoms with Gasteiger partial charge in [0.05, 0.1) is 11.7 Å². The molecule has 1 heterocycles. The highest BCUT2D eigenvalue weighted by molar-refractivity contribution is 6.46. The lowest BCUT2D eigenvalue weighted by atomic mass is 9.43. The summed E-state index contributed by atoms with van der Waals surface area (Å²) in [7, 11) is -0.0786. The van der Waals surface area contributed by atoms with Crippen LogP contribution in [0.5, 0.6) is 0 Å². The largest absolute Gasteiger partial charge is 0.461 e. The second-order valence-electron chi connectivity index (χ2n) is 7.95. The van der Waals surface area contributed by atoms with Gasteiger partial charge in [0.15, 0.2) is 0 Å². The average molecular weight is 296 g/mol. The Balaban J connectivity index is 1.42. The predicted molar refractivity (Wildman–Crippen MR) is 90.4 cm³/mol. The molecule has 22 heavy (non-hydrogen) atoms. The van der Waals surface area contributed by atoms with Gasteiger partial charge >= 0.3 is 7.12 Å². The van der Waals surface area contributed by atoms with E-state index in [0.29, 0.717) is 17.4 Å². The monoisotopic (exact) mass is 296 g/mol. The molecule has 0 spiro atoms. The molecule has 5 rings (SSSR count). The molecule has 0 N–H and O–H groups in total. The lowest BCUT2D eigenvalue weighted by Gasteiger charge is -2.64. The van der Waals surface area contributed by atoms with Gasteiger partial charge in [-0.3, -0.25) is 0 Å². The minimum Gasteiger partial charge on any atom is -0.405 e. The number of hydrogen-bond acceptors (Lipinski definition) is 2. The highest BCUT2D eigenvalue weighted by atomic mass is 16.7. The summed E-state index contributed by atoms with van der Waals surface area (Å²) in [6, 6.07) is 10.4. The number of allylic oxidation sites excluding steroid dienone is 1. The van der Waals surface area contributed by atoms with E-state index in [1.54, 1.807) is 0 Å². The van der Waals surface area contributed by atoms with Gasteiger partial charge in [0, 0.05) is 6.32 Å². The van der Waals surface area contributed by atoms with Crippen LogP contribution in [0.3, 0.4) is 0 Å². The lowest BCUT2D eigenvalue weighted by molar-refractivity contribution is -0.199. The summed E-state index contributed by atoms with van der Waals surface area (Å²) in [6.45, 7) is 7.08. The standard InChI is InChI=1S/C19H25BO2/c1-18(2)15-12-16(18)19(3)17(13-15)21-20(22-19)11-7-10-14-8-5-4-6-9-14/h4-10,15-17H,11-13H2,1-3H3/b10-7+/t15-,16-,17+,19-/m0/s1. The van der Waals surface area contributed by atoms with Crippen LogP contribution in [0.25, 0.3) is 6.08 Å². The predicted octanol–water partition coefficient (Wildman–Crippen LogP) is 4.43. The maximum absolute atomic E-state index is 6.40. The molecule has 0 amide bonds. The van der Waals surface area contributed by atoms with Crippen molar-refractivity contribution in [2.75, 3.05) is 0 Å². The highest BCUT2D eigenvalue weighted by Crippen LogP contribution is 2.65. The van der Waals surface area contributed by atoms with E-state index in [2.05, 4.69) is 57.2 Å². The van der Waals surface area contributed by atoms with Crippen molar-refractivity contribution in [1.82, 2.24) is 0 Å². The van der Waals surface area contributed by atoms with Crippen molar-refractivity contribution < 1.29 is 9.31 Å². The minimum absolute atomic E-state index is 0.0786. The molecule has 0 radical (unpaired) electrons. The Morgan fingerprint density at radius 1 is 1.18 bits per heavy atom. The molecule has 1 aliphatic heterocycles. The zero-order valence-corrected chi connectivity index (χ0v) is 13.8. The van der Waals surface area contributed by atoms with Crippen LogP contribution in [0.2, 0.25) is 6.32 Å². The third kappa shape index (κ3) is 2.10. The third-order valence-corrected chi connectivity index (χ3v) is 6.44. The van der Waals surface area contributed by atoms with Crippen LogP contribution in [0, 0.1) is 17.3 Å².